The largest absolute Gasteiger partial charge is 0.425 e. The van der Waals surface area contributed by atoms with E-state index < -0.39 is 11.9 Å². The lowest BCUT2D eigenvalue weighted by molar-refractivity contribution is -0.133. The van der Waals surface area contributed by atoms with Gasteiger partial charge >= 0.3 is 5.97 Å². The molecule has 0 atom stereocenters. The summed E-state index contributed by atoms with van der Waals surface area (Å²) >= 11 is 0. The van der Waals surface area contributed by atoms with Crippen LogP contribution in [0.1, 0.15) is 41.3 Å². The Morgan fingerprint density at radius 3 is 2.50 bits per heavy atom. The molecule has 2 aromatic carbocycles. The van der Waals surface area contributed by atoms with Crippen LogP contribution in [0.4, 0.5) is 0 Å². The number of carbonyl (C=O) groups is 2. The molecular weight excluding hydrogens is 304 g/mol. The van der Waals surface area contributed by atoms with E-state index in [9.17, 15) is 9.59 Å². The highest BCUT2D eigenvalue weighted by molar-refractivity contribution is 5.96. The maximum absolute atomic E-state index is 12.0. The summed E-state index contributed by atoms with van der Waals surface area (Å²) in [6.07, 6.45) is 0. The van der Waals surface area contributed by atoms with Crippen molar-refractivity contribution in [3.63, 3.8) is 0 Å². The molecule has 0 heterocycles. The Bertz CT molecular complexity index is 774. The van der Waals surface area contributed by atoms with Crippen LogP contribution >= 0.6 is 0 Å². The lowest BCUT2D eigenvalue weighted by atomic mass is 10.0. The van der Waals surface area contributed by atoms with E-state index in [1.807, 2.05) is 18.2 Å². The normalized spacial score (nSPS) is 10.1. The zero-order chi connectivity index (χ0) is 17.5. The summed E-state index contributed by atoms with van der Waals surface area (Å²) in [7, 11) is 0. The van der Waals surface area contributed by atoms with Crippen LogP contribution in [0.5, 0.6) is 5.75 Å². The molecule has 0 bridgehead atoms. The van der Waals surface area contributed by atoms with Crippen LogP contribution in [0.15, 0.2) is 48.5 Å². The summed E-state index contributed by atoms with van der Waals surface area (Å²) in [6.45, 7) is 3.91. The van der Waals surface area contributed by atoms with E-state index in [0.717, 1.165) is 5.56 Å². The summed E-state index contributed by atoms with van der Waals surface area (Å²) < 4.78 is 5.17. The summed E-state index contributed by atoms with van der Waals surface area (Å²) in [4.78, 5) is 23.8. The minimum Gasteiger partial charge on any atom is -0.425 e. The lowest BCUT2D eigenvalue weighted by Gasteiger charge is -2.08. The highest BCUT2D eigenvalue weighted by Crippen LogP contribution is 2.18. The van der Waals surface area contributed by atoms with Crippen molar-refractivity contribution in [2.75, 3.05) is 6.54 Å². The Morgan fingerprint density at radius 1 is 1.17 bits per heavy atom. The van der Waals surface area contributed by atoms with E-state index in [4.69, 9.17) is 10.00 Å². The fourth-order valence-corrected chi connectivity index (χ4v) is 2.07. The molecule has 0 unspecified atom stereocenters. The molecule has 0 saturated heterocycles. The zero-order valence-electron chi connectivity index (χ0n) is 13.6. The molecule has 0 fully saturated rings. The highest BCUT2D eigenvalue weighted by Gasteiger charge is 2.10. The Hall–Kier alpha value is -3.13. The Kier molecular flexibility index (Phi) is 5.69. The van der Waals surface area contributed by atoms with Crippen LogP contribution in [-0.2, 0) is 4.79 Å². The van der Waals surface area contributed by atoms with Crippen LogP contribution in [-0.4, -0.2) is 18.4 Å². The van der Waals surface area contributed by atoms with Gasteiger partial charge in [0.1, 0.15) is 12.3 Å². The van der Waals surface area contributed by atoms with Crippen molar-refractivity contribution in [3.05, 3.63) is 65.2 Å². The molecule has 2 rings (SSSR count). The molecular formula is C19H18N2O3. The van der Waals surface area contributed by atoms with Crippen molar-refractivity contribution in [1.29, 1.82) is 5.26 Å². The van der Waals surface area contributed by atoms with Crippen molar-refractivity contribution in [2.45, 2.75) is 19.8 Å². The average molecular weight is 322 g/mol. The molecule has 0 radical (unpaired) electrons. The van der Waals surface area contributed by atoms with Crippen molar-refractivity contribution in [1.82, 2.24) is 5.32 Å². The van der Waals surface area contributed by atoms with Crippen LogP contribution in [0.2, 0.25) is 0 Å². The zero-order valence-corrected chi connectivity index (χ0v) is 13.6. The van der Waals surface area contributed by atoms with E-state index in [1.54, 1.807) is 30.3 Å². The predicted molar refractivity (Wildman–Crippen MR) is 89.7 cm³/mol. The Labute approximate surface area is 140 Å². The molecule has 1 N–H and O–H groups in total. The maximum Gasteiger partial charge on any atom is 0.330 e. The smallest absolute Gasteiger partial charge is 0.330 e. The molecule has 1 amide bonds. The van der Waals surface area contributed by atoms with Gasteiger partial charge in [-0.1, -0.05) is 32.0 Å². The Morgan fingerprint density at radius 2 is 1.88 bits per heavy atom. The molecule has 122 valence electrons. The number of rotatable bonds is 5. The van der Waals surface area contributed by atoms with Gasteiger partial charge in [0.15, 0.2) is 0 Å². The molecule has 0 saturated carbocycles. The number of nitriles is 1. The van der Waals surface area contributed by atoms with E-state index in [1.165, 1.54) is 6.07 Å². The van der Waals surface area contributed by atoms with Gasteiger partial charge in [-0.05, 0) is 41.8 Å². The summed E-state index contributed by atoms with van der Waals surface area (Å²) in [5.41, 5.74) is 1.86. The fourth-order valence-electron chi connectivity index (χ4n) is 2.07. The molecule has 0 aliphatic rings. The third-order valence-corrected chi connectivity index (χ3v) is 3.43. The molecule has 0 spiro atoms. The maximum atomic E-state index is 12.0. The minimum atomic E-state index is -0.558. The van der Waals surface area contributed by atoms with E-state index in [0.29, 0.717) is 22.8 Å². The van der Waals surface area contributed by atoms with Crippen LogP contribution < -0.4 is 10.1 Å². The Balaban J connectivity index is 1.88. The number of carbonyl (C=O) groups excluding carboxylic acids is 2. The number of benzene rings is 2. The van der Waals surface area contributed by atoms with E-state index in [2.05, 4.69) is 19.2 Å². The highest BCUT2D eigenvalue weighted by atomic mass is 16.5. The summed E-state index contributed by atoms with van der Waals surface area (Å²) in [5, 5.41) is 11.3. The number of nitrogens with one attached hydrogen (secondary N) is 1. The molecule has 5 nitrogen and oxygen atoms in total. The summed E-state index contributed by atoms with van der Waals surface area (Å²) in [6, 6.07) is 15.5. The van der Waals surface area contributed by atoms with E-state index in [-0.39, 0.29) is 6.54 Å². The molecule has 5 heteroatoms. The molecule has 0 aromatic heterocycles. The number of esters is 1. The second kappa shape index (κ2) is 7.93. The summed E-state index contributed by atoms with van der Waals surface area (Å²) in [5.74, 6) is -0.153. The number of hydrogen-bond donors (Lipinski definition) is 1. The van der Waals surface area contributed by atoms with Gasteiger partial charge in [0.25, 0.3) is 5.91 Å². The third kappa shape index (κ3) is 4.68. The fraction of sp³-hybridized carbons (Fsp3) is 0.211. The second-order valence-electron chi connectivity index (χ2n) is 5.57. The first-order chi connectivity index (χ1) is 11.5. The van der Waals surface area contributed by atoms with Crippen LogP contribution in [0.25, 0.3) is 0 Å². The van der Waals surface area contributed by atoms with Crippen LogP contribution in [0, 0.1) is 11.3 Å². The van der Waals surface area contributed by atoms with Gasteiger partial charge in [-0.15, -0.1) is 0 Å². The van der Waals surface area contributed by atoms with Gasteiger partial charge in [0.05, 0.1) is 11.6 Å². The standard InChI is InChI=1S/C19H18N2O3/c1-13(2)15-6-8-17(9-7-15)24-18(22)12-21-19(23)16-5-3-4-14(10-16)11-20/h3-10,13H,12H2,1-2H3,(H,21,23). The van der Waals surface area contributed by atoms with Gasteiger partial charge < -0.3 is 10.1 Å². The first-order valence-corrected chi connectivity index (χ1v) is 7.58. The quantitative estimate of drug-likeness (QED) is 0.678. The SMILES string of the molecule is CC(C)c1ccc(OC(=O)CNC(=O)c2cccc(C#N)c2)cc1. The first kappa shape index (κ1) is 17.2. The average Bonchev–Trinajstić information content (AvgIpc) is 2.60. The van der Waals surface area contributed by atoms with Crippen molar-refractivity contribution in [2.24, 2.45) is 0 Å². The second-order valence-corrected chi connectivity index (χ2v) is 5.57. The van der Waals surface area contributed by atoms with Crippen molar-refractivity contribution >= 4 is 11.9 Å². The van der Waals surface area contributed by atoms with Crippen molar-refractivity contribution < 1.29 is 14.3 Å². The number of nitrogens with zero attached hydrogens (tertiary/aromatic N) is 1. The topological polar surface area (TPSA) is 79.2 Å². The van der Waals surface area contributed by atoms with Gasteiger partial charge in [0, 0.05) is 5.56 Å². The molecule has 24 heavy (non-hydrogen) atoms. The molecule has 0 aliphatic heterocycles. The molecule has 0 aliphatic carbocycles. The van der Waals surface area contributed by atoms with E-state index >= 15 is 0 Å². The van der Waals surface area contributed by atoms with Gasteiger partial charge in [-0.25, -0.2) is 4.79 Å². The van der Waals surface area contributed by atoms with Gasteiger partial charge in [-0.2, -0.15) is 5.26 Å². The number of amides is 1. The van der Waals surface area contributed by atoms with Crippen LogP contribution in [0.3, 0.4) is 0 Å². The molecule has 2 aromatic rings. The lowest BCUT2D eigenvalue weighted by Crippen LogP contribution is -2.31. The minimum absolute atomic E-state index is 0.248. The number of hydrogen-bond acceptors (Lipinski definition) is 4. The first-order valence-electron chi connectivity index (χ1n) is 7.58. The third-order valence-electron chi connectivity index (χ3n) is 3.43. The number of ether oxygens (including phenoxy) is 1. The van der Waals surface area contributed by atoms with Crippen molar-refractivity contribution in [3.8, 4) is 11.8 Å². The predicted octanol–water partition coefficient (Wildman–Crippen LogP) is 3.02. The van der Waals surface area contributed by atoms with Gasteiger partial charge in [-0.3, -0.25) is 4.79 Å². The monoisotopic (exact) mass is 322 g/mol. The van der Waals surface area contributed by atoms with Gasteiger partial charge in [0.2, 0.25) is 0 Å².